The third kappa shape index (κ3) is 5.84. The summed E-state index contributed by atoms with van der Waals surface area (Å²) >= 11 is 8.07. The fourth-order valence-electron chi connectivity index (χ4n) is 2.93. The molecule has 1 saturated heterocycles. The van der Waals surface area contributed by atoms with E-state index in [-0.39, 0.29) is 30.7 Å². The Bertz CT molecular complexity index is 702. The van der Waals surface area contributed by atoms with E-state index in [2.05, 4.69) is 23.1 Å². The summed E-state index contributed by atoms with van der Waals surface area (Å²) in [5.41, 5.74) is 6.55. The molecular formula is C18H24Cl3N3OS. The lowest BCUT2D eigenvalue weighted by Crippen LogP contribution is -2.48. The summed E-state index contributed by atoms with van der Waals surface area (Å²) in [6.07, 6.45) is 0.451. The van der Waals surface area contributed by atoms with Gasteiger partial charge in [-0.2, -0.15) is 0 Å². The average Bonchev–Trinajstić information content (AvgIpc) is 3.04. The average molecular weight is 437 g/mol. The first kappa shape index (κ1) is 23.2. The van der Waals surface area contributed by atoms with Crippen LogP contribution in [0.2, 0.25) is 5.02 Å². The summed E-state index contributed by atoms with van der Waals surface area (Å²) in [5.74, 6) is 0.175. The molecule has 3 rings (SSSR count). The molecule has 2 heterocycles. The van der Waals surface area contributed by atoms with Gasteiger partial charge in [-0.1, -0.05) is 29.8 Å². The van der Waals surface area contributed by atoms with Crippen LogP contribution in [0.1, 0.15) is 11.3 Å². The molecule has 4 nitrogen and oxygen atoms in total. The van der Waals surface area contributed by atoms with Crippen LogP contribution in [0, 0.1) is 0 Å². The fourth-order valence-corrected chi connectivity index (χ4v) is 4.31. The van der Waals surface area contributed by atoms with Gasteiger partial charge in [0.15, 0.2) is 0 Å². The Morgan fingerprint density at radius 1 is 1.08 bits per heavy atom. The minimum atomic E-state index is 0. The number of piperazine rings is 1. The Labute approximate surface area is 176 Å². The summed E-state index contributed by atoms with van der Waals surface area (Å²) in [5, 5.41) is 0.790. The zero-order valence-electron chi connectivity index (χ0n) is 14.4. The van der Waals surface area contributed by atoms with E-state index in [0.717, 1.165) is 43.3 Å². The molecule has 1 amide bonds. The molecule has 0 aliphatic carbocycles. The first-order chi connectivity index (χ1) is 11.7. The minimum Gasteiger partial charge on any atom is -0.340 e. The molecule has 0 unspecified atom stereocenters. The second kappa shape index (κ2) is 11.1. The second-order valence-electron chi connectivity index (χ2n) is 5.94. The zero-order valence-corrected chi connectivity index (χ0v) is 17.6. The van der Waals surface area contributed by atoms with Crippen molar-refractivity contribution >= 4 is 53.7 Å². The highest BCUT2D eigenvalue weighted by atomic mass is 35.5. The van der Waals surface area contributed by atoms with Gasteiger partial charge in [-0.3, -0.25) is 9.69 Å². The van der Waals surface area contributed by atoms with Crippen molar-refractivity contribution in [1.82, 2.24) is 9.80 Å². The minimum absolute atomic E-state index is 0. The Morgan fingerprint density at radius 2 is 1.77 bits per heavy atom. The van der Waals surface area contributed by atoms with Crippen LogP contribution in [0.3, 0.4) is 0 Å². The van der Waals surface area contributed by atoms with Crippen LogP contribution in [0.15, 0.2) is 36.4 Å². The van der Waals surface area contributed by atoms with Crippen molar-refractivity contribution in [2.45, 2.75) is 13.0 Å². The molecule has 8 heteroatoms. The predicted octanol–water partition coefficient (Wildman–Crippen LogP) is 3.91. The molecule has 0 spiro atoms. The molecule has 1 aromatic carbocycles. The predicted molar refractivity (Wildman–Crippen MR) is 115 cm³/mol. The fraction of sp³-hybridized carbons (Fsp3) is 0.389. The number of amides is 1. The van der Waals surface area contributed by atoms with Crippen molar-refractivity contribution in [2.75, 3.05) is 32.7 Å². The summed E-state index contributed by atoms with van der Waals surface area (Å²) in [4.78, 5) is 18.7. The highest BCUT2D eigenvalue weighted by Crippen LogP contribution is 2.33. The number of benzene rings is 1. The smallest absolute Gasteiger partial charge is 0.223 e. The molecule has 2 aromatic rings. The molecule has 144 valence electrons. The zero-order chi connectivity index (χ0) is 16.9. The van der Waals surface area contributed by atoms with Crippen molar-refractivity contribution in [2.24, 2.45) is 5.73 Å². The molecule has 0 bridgehead atoms. The number of nitrogens with two attached hydrogens (primary N) is 1. The maximum Gasteiger partial charge on any atom is 0.223 e. The van der Waals surface area contributed by atoms with Gasteiger partial charge in [0.1, 0.15) is 0 Å². The third-order valence-corrected chi connectivity index (χ3v) is 5.70. The van der Waals surface area contributed by atoms with Crippen LogP contribution < -0.4 is 5.73 Å². The SMILES string of the molecule is Cl.Cl.NCCC(=O)N1CCN(Cc2ccc(-c3ccccc3Cl)s2)CC1. The van der Waals surface area contributed by atoms with Gasteiger partial charge in [0, 0.05) is 66.0 Å². The topological polar surface area (TPSA) is 49.6 Å². The number of hydrogen-bond donors (Lipinski definition) is 1. The molecular weight excluding hydrogens is 413 g/mol. The molecule has 0 radical (unpaired) electrons. The van der Waals surface area contributed by atoms with Crippen LogP contribution in [0.5, 0.6) is 0 Å². The van der Waals surface area contributed by atoms with E-state index in [4.69, 9.17) is 17.3 Å². The van der Waals surface area contributed by atoms with Gasteiger partial charge < -0.3 is 10.6 Å². The van der Waals surface area contributed by atoms with E-state index in [1.165, 1.54) is 9.75 Å². The van der Waals surface area contributed by atoms with Gasteiger partial charge in [0.05, 0.1) is 0 Å². The molecule has 0 saturated carbocycles. The molecule has 26 heavy (non-hydrogen) atoms. The van der Waals surface area contributed by atoms with E-state index in [9.17, 15) is 4.79 Å². The van der Waals surface area contributed by atoms with Crippen molar-refractivity contribution in [3.63, 3.8) is 0 Å². The number of carbonyl (C=O) groups excluding carboxylic acids is 1. The van der Waals surface area contributed by atoms with Gasteiger partial charge in [-0.05, 0) is 18.2 Å². The number of nitrogens with zero attached hydrogens (tertiary/aromatic N) is 2. The standard InChI is InChI=1S/C18H22ClN3OS.2ClH/c19-16-4-2-1-3-15(16)17-6-5-14(24-17)13-21-9-11-22(12-10-21)18(23)7-8-20;;/h1-6H,7-13,20H2;2*1H. The number of hydrogen-bond acceptors (Lipinski definition) is 4. The summed E-state index contributed by atoms with van der Waals surface area (Å²) in [6, 6.07) is 12.3. The van der Waals surface area contributed by atoms with Crippen molar-refractivity contribution in [3.05, 3.63) is 46.3 Å². The molecule has 1 fully saturated rings. The summed E-state index contributed by atoms with van der Waals surface area (Å²) in [6.45, 7) is 4.77. The van der Waals surface area contributed by atoms with Crippen molar-refractivity contribution in [1.29, 1.82) is 0 Å². The normalized spacial score (nSPS) is 14.5. The van der Waals surface area contributed by atoms with E-state index in [0.29, 0.717) is 13.0 Å². The lowest BCUT2D eigenvalue weighted by atomic mass is 10.2. The van der Waals surface area contributed by atoms with Gasteiger partial charge in [0.25, 0.3) is 0 Å². The summed E-state index contributed by atoms with van der Waals surface area (Å²) in [7, 11) is 0. The molecule has 2 N–H and O–H groups in total. The molecule has 1 aliphatic heterocycles. The molecule has 1 aromatic heterocycles. The summed E-state index contributed by atoms with van der Waals surface area (Å²) < 4.78 is 0. The Balaban J connectivity index is 0.00000169. The monoisotopic (exact) mass is 435 g/mol. The van der Waals surface area contributed by atoms with E-state index >= 15 is 0 Å². The number of carbonyl (C=O) groups is 1. The van der Waals surface area contributed by atoms with E-state index in [1.54, 1.807) is 11.3 Å². The van der Waals surface area contributed by atoms with Crippen LogP contribution >= 0.6 is 47.8 Å². The molecule has 1 aliphatic rings. The Hall–Kier alpha value is -0.820. The van der Waals surface area contributed by atoms with Crippen LogP contribution in [0.25, 0.3) is 10.4 Å². The van der Waals surface area contributed by atoms with E-state index < -0.39 is 0 Å². The van der Waals surface area contributed by atoms with Gasteiger partial charge in [0.2, 0.25) is 5.91 Å². The Kier molecular flexibility index (Phi) is 9.93. The first-order valence-electron chi connectivity index (χ1n) is 8.21. The van der Waals surface area contributed by atoms with E-state index in [1.807, 2.05) is 23.1 Å². The number of rotatable bonds is 5. The maximum atomic E-state index is 11.9. The van der Waals surface area contributed by atoms with Crippen LogP contribution in [-0.4, -0.2) is 48.4 Å². The molecule has 0 atom stereocenters. The second-order valence-corrected chi connectivity index (χ2v) is 7.52. The van der Waals surface area contributed by atoms with Gasteiger partial charge >= 0.3 is 0 Å². The largest absolute Gasteiger partial charge is 0.340 e. The van der Waals surface area contributed by atoms with Crippen LogP contribution in [-0.2, 0) is 11.3 Å². The quantitative estimate of drug-likeness (QED) is 0.773. The third-order valence-electron chi connectivity index (χ3n) is 4.26. The number of thiophene rings is 1. The van der Waals surface area contributed by atoms with Gasteiger partial charge in [-0.15, -0.1) is 36.2 Å². The van der Waals surface area contributed by atoms with Crippen molar-refractivity contribution < 1.29 is 4.79 Å². The first-order valence-corrected chi connectivity index (χ1v) is 9.40. The number of halogens is 3. The van der Waals surface area contributed by atoms with Crippen LogP contribution in [0.4, 0.5) is 0 Å². The maximum absolute atomic E-state index is 11.9. The Morgan fingerprint density at radius 3 is 2.42 bits per heavy atom. The van der Waals surface area contributed by atoms with Gasteiger partial charge in [-0.25, -0.2) is 0 Å². The highest BCUT2D eigenvalue weighted by Gasteiger charge is 2.21. The highest BCUT2D eigenvalue weighted by molar-refractivity contribution is 7.15. The van der Waals surface area contributed by atoms with Crippen molar-refractivity contribution in [3.8, 4) is 10.4 Å². The lowest BCUT2D eigenvalue weighted by Gasteiger charge is -2.34. The lowest BCUT2D eigenvalue weighted by molar-refractivity contribution is -0.132.